The summed E-state index contributed by atoms with van der Waals surface area (Å²) in [7, 11) is 0. The molecule has 0 aromatic carbocycles. The van der Waals surface area contributed by atoms with Gasteiger partial charge in [-0.05, 0) is 18.4 Å². The molecular formula is C8H10NO. The molecule has 2 rings (SSSR count). The van der Waals surface area contributed by atoms with Crippen molar-refractivity contribution in [3.05, 3.63) is 23.9 Å². The SMILES string of the molecule is C1=CC2=C[N]OCC2CC1. The van der Waals surface area contributed by atoms with Gasteiger partial charge in [0.2, 0.25) is 0 Å². The Morgan fingerprint density at radius 3 is 3.50 bits per heavy atom. The molecule has 1 radical (unpaired) electrons. The second kappa shape index (κ2) is 2.46. The van der Waals surface area contributed by atoms with E-state index in [2.05, 4.69) is 17.6 Å². The van der Waals surface area contributed by atoms with Crippen molar-refractivity contribution >= 4 is 0 Å². The van der Waals surface area contributed by atoms with Gasteiger partial charge in [0, 0.05) is 5.92 Å². The van der Waals surface area contributed by atoms with E-state index >= 15 is 0 Å². The smallest absolute Gasteiger partial charge is 0.0840 e. The van der Waals surface area contributed by atoms with Crippen LogP contribution in [0.4, 0.5) is 0 Å². The Hall–Kier alpha value is -0.760. The van der Waals surface area contributed by atoms with Gasteiger partial charge in [-0.3, -0.25) is 4.84 Å². The van der Waals surface area contributed by atoms with Gasteiger partial charge >= 0.3 is 0 Å². The minimum absolute atomic E-state index is 0.613. The number of hydrogen-bond donors (Lipinski definition) is 0. The Morgan fingerprint density at radius 1 is 1.60 bits per heavy atom. The molecule has 53 valence electrons. The number of hydroxylamine groups is 1. The highest BCUT2D eigenvalue weighted by molar-refractivity contribution is 5.24. The third-order valence-electron chi connectivity index (χ3n) is 2.02. The molecule has 0 aromatic rings. The monoisotopic (exact) mass is 136 g/mol. The normalized spacial score (nSPS) is 30.4. The van der Waals surface area contributed by atoms with Gasteiger partial charge in [0.15, 0.2) is 0 Å². The summed E-state index contributed by atoms with van der Waals surface area (Å²) in [4.78, 5) is 4.95. The van der Waals surface area contributed by atoms with E-state index in [4.69, 9.17) is 4.84 Å². The van der Waals surface area contributed by atoms with Crippen LogP contribution in [0.2, 0.25) is 0 Å². The third kappa shape index (κ3) is 0.948. The van der Waals surface area contributed by atoms with Gasteiger partial charge in [-0.25, -0.2) is 0 Å². The zero-order valence-electron chi connectivity index (χ0n) is 5.79. The van der Waals surface area contributed by atoms with Crippen molar-refractivity contribution in [3.63, 3.8) is 0 Å². The average molecular weight is 136 g/mol. The summed E-state index contributed by atoms with van der Waals surface area (Å²) in [6.07, 6.45) is 8.58. The van der Waals surface area contributed by atoms with Crippen molar-refractivity contribution in [2.45, 2.75) is 12.8 Å². The van der Waals surface area contributed by atoms with E-state index in [-0.39, 0.29) is 0 Å². The maximum absolute atomic E-state index is 4.95. The Morgan fingerprint density at radius 2 is 2.60 bits per heavy atom. The van der Waals surface area contributed by atoms with Crippen LogP contribution in [-0.4, -0.2) is 6.61 Å². The summed E-state index contributed by atoms with van der Waals surface area (Å²) < 4.78 is 0. The number of nitrogens with zero attached hydrogens (tertiary/aromatic N) is 1. The lowest BCUT2D eigenvalue weighted by Crippen LogP contribution is -2.21. The fourth-order valence-corrected chi connectivity index (χ4v) is 1.38. The van der Waals surface area contributed by atoms with Crippen LogP contribution in [0.25, 0.3) is 0 Å². The third-order valence-corrected chi connectivity index (χ3v) is 2.02. The van der Waals surface area contributed by atoms with Crippen LogP contribution < -0.4 is 5.48 Å². The molecular weight excluding hydrogens is 126 g/mol. The molecule has 2 heteroatoms. The summed E-state index contributed by atoms with van der Waals surface area (Å²) in [6.45, 7) is 0.774. The van der Waals surface area contributed by atoms with E-state index in [0.29, 0.717) is 5.92 Å². The van der Waals surface area contributed by atoms with Crippen molar-refractivity contribution in [1.29, 1.82) is 0 Å². The van der Waals surface area contributed by atoms with Gasteiger partial charge in [-0.15, -0.1) is 5.48 Å². The Balaban J connectivity index is 2.21. The molecule has 0 saturated carbocycles. The fraction of sp³-hybridized carbons (Fsp3) is 0.500. The van der Waals surface area contributed by atoms with Crippen molar-refractivity contribution in [3.8, 4) is 0 Å². The lowest BCUT2D eigenvalue weighted by molar-refractivity contribution is 0.0287. The first kappa shape index (κ1) is 5.98. The van der Waals surface area contributed by atoms with E-state index in [1.165, 1.54) is 18.4 Å². The van der Waals surface area contributed by atoms with Crippen LogP contribution in [-0.2, 0) is 4.84 Å². The van der Waals surface area contributed by atoms with Crippen molar-refractivity contribution in [1.82, 2.24) is 5.48 Å². The highest BCUT2D eigenvalue weighted by Crippen LogP contribution is 2.25. The van der Waals surface area contributed by atoms with Crippen LogP contribution in [0.1, 0.15) is 12.8 Å². The molecule has 2 aliphatic rings. The topological polar surface area (TPSA) is 23.3 Å². The quantitative estimate of drug-likeness (QED) is 0.493. The first-order chi connectivity index (χ1) is 4.97. The van der Waals surface area contributed by atoms with Crippen molar-refractivity contribution in [2.24, 2.45) is 5.92 Å². The molecule has 1 heterocycles. The van der Waals surface area contributed by atoms with Crippen LogP contribution in [0.5, 0.6) is 0 Å². The van der Waals surface area contributed by atoms with E-state index in [1.54, 1.807) is 0 Å². The molecule has 1 aliphatic heterocycles. The number of fused-ring (bicyclic) bond motifs is 1. The lowest BCUT2D eigenvalue weighted by Gasteiger charge is -2.23. The van der Waals surface area contributed by atoms with Crippen LogP contribution in [0.3, 0.4) is 0 Å². The molecule has 1 atom stereocenters. The zero-order valence-corrected chi connectivity index (χ0v) is 5.79. The maximum Gasteiger partial charge on any atom is 0.0840 e. The standard InChI is InChI=1S/C8H10NO/c1-2-4-8-6-10-9-5-7(8)3-1/h1,3,5,8H,2,4,6H2. The average Bonchev–Trinajstić information content (AvgIpc) is 2.05. The molecule has 0 bridgehead atoms. The van der Waals surface area contributed by atoms with Crippen LogP contribution >= 0.6 is 0 Å². The summed E-state index contributed by atoms with van der Waals surface area (Å²) in [6, 6.07) is 0. The van der Waals surface area contributed by atoms with Gasteiger partial charge in [0.05, 0.1) is 12.8 Å². The molecule has 0 fully saturated rings. The van der Waals surface area contributed by atoms with Gasteiger partial charge in [0.1, 0.15) is 0 Å². The van der Waals surface area contributed by atoms with Gasteiger partial charge in [-0.2, -0.15) is 0 Å². The van der Waals surface area contributed by atoms with E-state index < -0.39 is 0 Å². The van der Waals surface area contributed by atoms with E-state index in [9.17, 15) is 0 Å². The summed E-state index contributed by atoms with van der Waals surface area (Å²) in [5.41, 5.74) is 5.08. The second-order valence-corrected chi connectivity index (χ2v) is 2.71. The largest absolute Gasteiger partial charge is 0.252 e. The molecule has 0 aromatic heterocycles. The maximum atomic E-state index is 4.95. The Labute approximate surface area is 60.5 Å². The van der Waals surface area contributed by atoms with E-state index in [0.717, 1.165) is 6.61 Å². The number of hydrogen-bond acceptors (Lipinski definition) is 1. The highest BCUT2D eigenvalue weighted by Gasteiger charge is 2.18. The molecule has 1 aliphatic carbocycles. The molecule has 10 heavy (non-hydrogen) atoms. The molecule has 0 saturated heterocycles. The second-order valence-electron chi connectivity index (χ2n) is 2.71. The summed E-state index contributed by atoms with van der Waals surface area (Å²) in [5, 5.41) is 0. The molecule has 0 spiro atoms. The highest BCUT2D eigenvalue weighted by atomic mass is 16.6. The van der Waals surface area contributed by atoms with Gasteiger partial charge in [0.25, 0.3) is 0 Å². The van der Waals surface area contributed by atoms with Gasteiger partial charge < -0.3 is 0 Å². The van der Waals surface area contributed by atoms with Crippen LogP contribution in [0.15, 0.2) is 23.9 Å². The number of allylic oxidation sites excluding steroid dienone is 2. The summed E-state index contributed by atoms with van der Waals surface area (Å²) in [5.74, 6) is 0.613. The van der Waals surface area contributed by atoms with Crippen molar-refractivity contribution < 1.29 is 4.84 Å². The van der Waals surface area contributed by atoms with Crippen molar-refractivity contribution in [2.75, 3.05) is 6.61 Å². The zero-order chi connectivity index (χ0) is 6.81. The van der Waals surface area contributed by atoms with Gasteiger partial charge in [-0.1, -0.05) is 12.2 Å². The van der Waals surface area contributed by atoms with E-state index in [1.807, 2.05) is 6.20 Å². The predicted octanol–water partition coefficient (Wildman–Crippen LogP) is 1.39. The van der Waals surface area contributed by atoms with Crippen LogP contribution in [0, 0.1) is 5.92 Å². The minimum Gasteiger partial charge on any atom is -0.252 e. The molecule has 0 N–H and O–H groups in total. The Kier molecular flexibility index (Phi) is 1.47. The first-order valence-corrected chi connectivity index (χ1v) is 3.65. The first-order valence-electron chi connectivity index (χ1n) is 3.65. The summed E-state index contributed by atoms with van der Waals surface area (Å²) >= 11 is 0. The number of rotatable bonds is 0. The molecule has 0 amide bonds. The lowest BCUT2D eigenvalue weighted by atomic mass is 9.90. The Bertz CT molecular complexity index is 184. The minimum atomic E-state index is 0.613. The molecule has 2 nitrogen and oxygen atoms in total. The molecule has 1 unspecified atom stereocenters. The predicted molar refractivity (Wildman–Crippen MR) is 38.0 cm³/mol. The fourth-order valence-electron chi connectivity index (χ4n) is 1.38.